The predicted molar refractivity (Wildman–Crippen MR) is 184 cm³/mol. The fourth-order valence-corrected chi connectivity index (χ4v) is 5.56. The highest BCUT2D eigenvalue weighted by molar-refractivity contribution is 8.14. The first-order valence-electron chi connectivity index (χ1n) is 15.7. The van der Waals surface area contributed by atoms with Crippen LogP contribution >= 0.6 is 11.8 Å². The van der Waals surface area contributed by atoms with Gasteiger partial charge in [0.05, 0.1) is 17.1 Å². The lowest BCUT2D eigenvalue weighted by Crippen LogP contribution is -2.44. The summed E-state index contributed by atoms with van der Waals surface area (Å²) in [5.41, 5.74) is 5.38. The third kappa shape index (κ3) is 9.87. The number of nitrogens with one attached hydrogen (secondary N) is 1. The maximum atomic E-state index is 13.6. The van der Waals surface area contributed by atoms with E-state index in [-0.39, 0.29) is 17.7 Å². The van der Waals surface area contributed by atoms with E-state index in [1.54, 1.807) is 0 Å². The highest BCUT2D eigenvalue weighted by Crippen LogP contribution is 2.31. The number of rotatable bonds is 11. The van der Waals surface area contributed by atoms with Gasteiger partial charge < -0.3 is 9.64 Å². The Morgan fingerprint density at radius 1 is 1.15 bits per heavy atom. The number of amides is 2. The standard InChI is InChI=1S/C36H37F3N6O2S/c1-5-20-48-34(41-32-21-25(4)6-17-31(32)24(2)3)42-35(46)44(22-27-7-8-27)19-18-26-9-11-28(12-10-26)33-40-23-45(43-33)29-13-15-30(16-14-29)47-36(37,38)39/h1,6,9-17,21,23-24,27H,7-8,18-20,22H2,2-4H3,(H,41,42,46). The molecule has 1 fully saturated rings. The van der Waals surface area contributed by atoms with Crippen LogP contribution in [0.2, 0.25) is 0 Å². The van der Waals surface area contributed by atoms with Crippen molar-refractivity contribution in [2.45, 2.75) is 52.3 Å². The largest absolute Gasteiger partial charge is 0.573 e. The van der Waals surface area contributed by atoms with Crippen molar-refractivity contribution in [1.82, 2.24) is 25.0 Å². The number of alkyl halides is 3. The molecule has 0 bridgehead atoms. The highest BCUT2D eigenvalue weighted by atomic mass is 32.2. The van der Waals surface area contributed by atoms with E-state index in [9.17, 15) is 18.0 Å². The Morgan fingerprint density at radius 3 is 2.52 bits per heavy atom. The van der Waals surface area contributed by atoms with Gasteiger partial charge in [-0.2, -0.15) is 0 Å². The molecule has 0 unspecified atom stereocenters. The van der Waals surface area contributed by atoms with Gasteiger partial charge in [-0.3, -0.25) is 5.32 Å². The van der Waals surface area contributed by atoms with Crippen molar-refractivity contribution in [2.24, 2.45) is 10.9 Å². The Labute approximate surface area is 282 Å². The summed E-state index contributed by atoms with van der Waals surface area (Å²) in [4.78, 5) is 24.7. The Hall–Kier alpha value is -4.76. The second kappa shape index (κ2) is 15.4. The normalized spacial score (nSPS) is 13.3. The zero-order valence-corrected chi connectivity index (χ0v) is 27.8. The molecule has 1 aromatic heterocycles. The molecule has 0 radical (unpaired) electrons. The number of hydrogen-bond acceptors (Lipinski definition) is 6. The van der Waals surface area contributed by atoms with Gasteiger partial charge in [-0.25, -0.2) is 19.5 Å². The molecule has 1 aliphatic carbocycles. The number of amidine groups is 1. The van der Waals surface area contributed by atoms with E-state index >= 15 is 0 Å². The summed E-state index contributed by atoms with van der Waals surface area (Å²) in [7, 11) is 0. The van der Waals surface area contributed by atoms with Crippen molar-refractivity contribution < 1.29 is 22.7 Å². The summed E-state index contributed by atoms with van der Waals surface area (Å²) in [6, 6.07) is 19.1. The SMILES string of the molecule is C#CCSC(=Nc1cc(C)ccc1C(C)C)NC(=O)N(CCc1ccc(-c2ncn(-c3ccc(OC(F)(F)F)cc3)n2)cc1)CC1CC1. The average Bonchev–Trinajstić information content (AvgIpc) is 3.73. The number of thioether (sulfide) groups is 1. The molecule has 12 heteroatoms. The molecule has 1 heterocycles. The summed E-state index contributed by atoms with van der Waals surface area (Å²) in [6.07, 6.45) is 5.16. The van der Waals surface area contributed by atoms with Gasteiger partial charge in [0.15, 0.2) is 11.0 Å². The number of carbonyl (C=O) groups is 1. The fourth-order valence-electron chi connectivity index (χ4n) is 5.02. The van der Waals surface area contributed by atoms with Crippen molar-refractivity contribution >= 4 is 28.6 Å². The number of aromatic nitrogens is 3. The molecule has 8 nitrogen and oxygen atoms in total. The molecule has 1 saturated carbocycles. The van der Waals surface area contributed by atoms with Gasteiger partial charge in [-0.1, -0.05) is 67.9 Å². The molecule has 250 valence electrons. The first-order chi connectivity index (χ1) is 23.0. The third-order valence-electron chi connectivity index (χ3n) is 7.71. The van der Waals surface area contributed by atoms with E-state index in [1.165, 1.54) is 47.0 Å². The number of carbonyl (C=O) groups excluding carboxylic acids is 1. The minimum atomic E-state index is -4.75. The lowest BCUT2D eigenvalue weighted by Gasteiger charge is -2.23. The molecule has 0 spiro atoms. The number of aliphatic imine (C=N–C) groups is 1. The van der Waals surface area contributed by atoms with Crippen LogP contribution in [-0.4, -0.2) is 56.1 Å². The first kappa shape index (κ1) is 34.6. The van der Waals surface area contributed by atoms with Crippen molar-refractivity contribution in [3.8, 4) is 35.2 Å². The van der Waals surface area contributed by atoms with Gasteiger partial charge in [-0.15, -0.1) is 24.7 Å². The number of urea groups is 1. The van der Waals surface area contributed by atoms with Gasteiger partial charge in [0.25, 0.3) is 0 Å². The van der Waals surface area contributed by atoms with Crippen LogP contribution < -0.4 is 10.1 Å². The van der Waals surface area contributed by atoms with E-state index in [0.29, 0.717) is 47.9 Å². The maximum Gasteiger partial charge on any atom is 0.573 e. The molecular weight excluding hydrogens is 637 g/mol. The molecular formula is C36H37F3N6O2S. The summed E-state index contributed by atoms with van der Waals surface area (Å²) < 4.78 is 42.8. The van der Waals surface area contributed by atoms with Crippen LogP contribution in [-0.2, 0) is 6.42 Å². The van der Waals surface area contributed by atoms with Crippen LogP contribution in [0.3, 0.4) is 0 Å². The summed E-state index contributed by atoms with van der Waals surface area (Å²) in [6.45, 7) is 7.45. The van der Waals surface area contributed by atoms with Crippen LogP contribution in [0.15, 0.2) is 78.0 Å². The molecule has 3 aromatic carbocycles. The lowest BCUT2D eigenvalue weighted by atomic mass is 10.00. The molecule has 0 saturated heterocycles. The number of ether oxygens (including phenoxy) is 1. The topological polar surface area (TPSA) is 84.6 Å². The zero-order chi connectivity index (χ0) is 34.3. The Bertz CT molecular complexity index is 1780. The van der Waals surface area contributed by atoms with E-state index in [0.717, 1.165) is 40.8 Å². The third-order valence-corrected chi connectivity index (χ3v) is 8.49. The minimum Gasteiger partial charge on any atom is -0.406 e. The molecule has 2 amide bonds. The summed E-state index contributed by atoms with van der Waals surface area (Å²) >= 11 is 1.33. The molecule has 0 aliphatic heterocycles. The fraction of sp³-hybridized carbons (Fsp3) is 0.333. The van der Waals surface area contributed by atoms with Crippen LogP contribution in [0, 0.1) is 25.2 Å². The number of hydrogen-bond donors (Lipinski definition) is 1. The van der Waals surface area contributed by atoms with E-state index in [2.05, 4.69) is 52.0 Å². The van der Waals surface area contributed by atoms with Gasteiger partial charge in [0, 0.05) is 18.7 Å². The van der Waals surface area contributed by atoms with Gasteiger partial charge in [0.1, 0.15) is 12.1 Å². The van der Waals surface area contributed by atoms with Crippen molar-refractivity contribution in [3.05, 3.63) is 89.7 Å². The Morgan fingerprint density at radius 2 is 1.88 bits per heavy atom. The minimum absolute atomic E-state index is 0.201. The summed E-state index contributed by atoms with van der Waals surface area (Å²) in [5, 5.41) is 8.00. The summed E-state index contributed by atoms with van der Waals surface area (Å²) in [5.74, 6) is 3.93. The monoisotopic (exact) mass is 674 g/mol. The van der Waals surface area contributed by atoms with Gasteiger partial charge in [0.2, 0.25) is 0 Å². The number of nitrogens with zero attached hydrogens (tertiary/aromatic N) is 5. The highest BCUT2D eigenvalue weighted by Gasteiger charge is 2.31. The van der Waals surface area contributed by atoms with E-state index < -0.39 is 6.36 Å². The molecule has 4 aromatic rings. The quantitative estimate of drug-likeness (QED) is 0.0984. The average molecular weight is 675 g/mol. The van der Waals surface area contributed by atoms with Crippen molar-refractivity contribution in [1.29, 1.82) is 0 Å². The van der Waals surface area contributed by atoms with E-state index in [1.807, 2.05) is 42.2 Å². The number of terminal acetylenes is 1. The first-order valence-corrected chi connectivity index (χ1v) is 16.6. The molecule has 5 rings (SSSR count). The second-order valence-corrected chi connectivity index (χ2v) is 12.9. The maximum absolute atomic E-state index is 13.6. The Kier molecular flexibility index (Phi) is 11.1. The molecule has 1 N–H and O–H groups in total. The Balaban J connectivity index is 1.24. The van der Waals surface area contributed by atoms with Crippen LogP contribution in [0.5, 0.6) is 5.75 Å². The van der Waals surface area contributed by atoms with Crippen molar-refractivity contribution in [2.75, 3.05) is 18.8 Å². The molecule has 0 atom stereocenters. The molecule has 1 aliphatic rings. The second-order valence-electron chi connectivity index (χ2n) is 11.9. The number of aryl methyl sites for hydroxylation is 1. The predicted octanol–water partition coefficient (Wildman–Crippen LogP) is 8.28. The van der Waals surface area contributed by atoms with Crippen molar-refractivity contribution in [3.63, 3.8) is 0 Å². The van der Waals surface area contributed by atoms with Crippen LogP contribution in [0.25, 0.3) is 17.1 Å². The molecule has 48 heavy (non-hydrogen) atoms. The van der Waals surface area contributed by atoms with Crippen LogP contribution in [0.4, 0.5) is 23.7 Å². The smallest absolute Gasteiger partial charge is 0.406 e. The van der Waals surface area contributed by atoms with Gasteiger partial charge in [-0.05, 0) is 85.0 Å². The lowest BCUT2D eigenvalue weighted by molar-refractivity contribution is -0.274. The van der Waals surface area contributed by atoms with Gasteiger partial charge >= 0.3 is 12.4 Å². The van der Waals surface area contributed by atoms with Crippen LogP contribution in [0.1, 0.15) is 49.3 Å². The zero-order valence-electron chi connectivity index (χ0n) is 27.0. The van der Waals surface area contributed by atoms with E-state index in [4.69, 9.17) is 11.4 Å². The number of benzene rings is 3. The number of halogens is 3.